The van der Waals surface area contributed by atoms with Crippen molar-refractivity contribution in [3.8, 4) is 17.6 Å². The first-order chi connectivity index (χ1) is 10.3. The minimum absolute atomic E-state index is 0.129. The van der Waals surface area contributed by atoms with E-state index in [0.717, 1.165) is 29.9 Å². The van der Waals surface area contributed by atoms with Gasteiger partial charge in [-0.3, -0.25) is 0 Å². The molecule has 0 aliphatic carbocycles. The molecule has 0 spiro atoms. The number of hydrogen-bond donors (Lipinski definition) is 1. The van der Waals surface area contributed by atoms with Crippen molar-refractivity contribution in [1.29, 1.82) is 0 Å². The van der Waals surface area contributed by atoms with Crippen LogP contribution in [0, 0.1) is 11.8 Å². The predicted molar refractivity (Wildman–Crippen MR) is 85.4 cm³/mol. The van der Waals surface area contributed by atoms with E-state index in [0.29, 0.717) is 6.61 Å². The lowest BCUT2D eigenvalue weighted by Gasteiger charge is -2.10. The molecule has 0 radical (unpaired) electrons. The summed E-state index contributed by atoms with van der Waals surface area (Å²) in [6.07, 6.45) is 6.19. The van der Waals surface area contributed by atoms with E-state index in [1.54, 1.807) is 7.11 Å². The zero-order valence-electron chi connectivity index (χ0n) is 13.2. The van der Waals surface area contributed by atoms with E-state index in [1.807, 2.05) is 18.2 Å². The highest BCUT2D eigenvalue weighted by Crippen LogP contribution is 2.20. The second-order valence-electron chi connectivity index (χ2n) is 4.95. The normalized spacial score (nSPS) is 10.0. The number of unbranched alkanes of at least 4 members (excludes halogenated alkanes) is 4. The molecular weight excluding hydrogens is 264 g/mol. The molecule has 1 aromatic rings. The van der Waals surface area contributed by atoms with Gasteiger partial charge in [0, 0.05) is 17.7 Å². The van der Waals surface area contributed by atoms with E-state index in [4.69, 9.17) is 14.6 Å². The number of hydrogen-bond acceptors (Lipinski definition) is 3. The number of rotatable bonds is 9. The second-order valence-corrected chi connectivity index (χ2v) is 4.95. The molecule has 1 N–H and O–H groups in total. The molecule has 0 atom stereocenters. The van der Waals surface area contributed by atoms with Crippen LogP contribution in [0.15, 0.2) is 18.2 Å². The smallest absolute Gasteiger partial charge is 0.124 e. The van der Waals surface area contributed by atoms with E-state index in [-0.39, 0.29) is 6.61 Å². The van der Waals surface area contributed by atoms with Gasteiger partial charge in [0.1, 0.15) is 12.4 Å². The van der Waals surface area contributed by atoms with Crippen molar-refractivity contribution in [3.05, 3.63) is 29.3 Å². The topological polar surface area (TPSA) is 38.7 Å². The van der Waals surface area contributed by atoms with Crippen LogP contribution in [0.25, 0.3) is 0 Å². The third-order valence-corrected chi connectivity index (χ3v) is 3.24. The van der Waals surface area contributed by atoms with E-state index in [2.05, 4.69) is 18.8 Å². The summed E-state index contributed by atoms with van der Waals surface area (Å²) in [6.45, 7) is 3.40. The Morgan fingerprint density at radius 3 is 2.67 bits per heavy atom. The summed E-state index contributed by atoms with van der Waals surface area (Å²) in [6, 6.07) is 5.73. The Morgan fingerprint density at radius 2 is 1.95 bits per heavy atom. The van der Waals surface area contributed by atoms with Gasteiger partial charge < -0.3 is 14.6 Å². The monoisotopic (exact) mass is 290 g/mol. The largest absolute Gasteiger partial charge is 0.496 e. The number of methoxy groups -OCH3 is 1. The standard InChI is InChI=1S/C18H26O3/c1-3-4-5-6-7-13-21-15-17-14-16(9-8-12-19)10-11-18(17)20-2/h10-11,14,19H,3-7,12-13,15H2,1-2H3. The van der Waals surface area contributed by atoms with Crippen molar-refractivity contribution in [2.45, 2.75) is 45.6 Å². The van der Waals surface area contributed by atoms with Gasteiger partial charge >= 0.3 is 0 Å². The maximum atomic E-state index is 8.74. The molecule has 0 aromatic heterocycles. The van der Waals surface area contributed by atoms with Crippen LogP contribution >= 0.6 is 0 Å². The Kier molecular flexibility index (Phi) is 9.35. The average molecular weight is 290 g/mol. The van der Waals surface area contributed by atoms with Crippen molar-refractivity contribution in [2.24, 2.45) is 0 Å². The number of benzene rings is 1. The van der Waals surface area contributed by atoms with E-state index >= 15 is 0 Å². The first kappa shape index (κ1) is 17.6. The molecule has 1 aromatic carbocycles. The first-order valence-electron chi connectivity index (χ1n) is 7.66. The number of aliphatic hydroxyl groups excluding tert-OH is 1. The first-order valence-corrected chi connectivity index (χ1v) is 7.66. The molecular formula is C18H26O3. The molecule has 0 aliphatic rings. The molecule has 3 heteroatoms. The minimum atomic E-state index is -0.129. The predicted octanol–water partition coefficient (Wildman–Crippen LogP) is 3.53. The maximum Gasteiger partial charge on any atom is 0.124 e. The van der Waals surface area contributed by atoms with Crippen molar-refractivity contribution in [3.63, 3.8) is 0 Å². The Hall–Kier alpha value is -1.50. The van der Waals surface area contributed by atoms with Gasteiger partial charge in [0.05, 0.1) is 13.7 Å². The van der Waals surface area contributed by atoms with Gasteiger partial charge in [-0.05, 0) is 24.6 Å². The molecule has 0 amide bonds. The van der Waals surface area contributed by atoms with Gasteiger partial charge in [-0.25, -0.2) is 0 Å². The lowest BCUT2D eigenvalue weighted by Crippen LogP contribution is -1.99. The average Bonchev–Trinajstić information content (AvgIpc) is 2.52. The molecule has 0 bridgehead atoms. The van der Waals surface area contributed by atoms with Crippen LogP contribution < -0.4 is 4.74 Å². The fourth-order valence-corrected chi connectivity index (χ4v) is 2.10. The summed E-state index contributed by atoms with van der Waals surface area (Å²) < 4.78 is 11.1. The Balaban J connectivity index is 2.44. The molecule has 21 heavy (non-hydrogen) atoms. The summed E-state index contributed by atoms with van der Waals surface area (Å²) >= 11 is 0. The summed E-state index contributed by atoms with van der Waals surface area (Å²) in [5, 5.41) is 8.74. The molecule has 0 heterocycles. The lowest BCUT2D eigenvalue weighted by atomic mass is 10.1. The van der Waals surface area contributed by atoms with Gasteiger partial charge in [-0.1, -0.05) is 44.4 Å². The third-order valence-electron chi connectivity index (χ3n) is 3.24. The molecule has 116 valence electrons. The molecule has 3 nitrogen and oxygen atoms in total. The minimum Gasteiger partial charge on any atom is -0.496 e. The molecule has 0 fully saturated rings. The molecule has 0 unspecified atom stereocenters. The van der Waals surface area contributed by atoms with Crippen LogP contribution in [0.2, 0.25) is 0 Å². The lowest BCUT2D eigenvalue weighted by molar-refractivity contribution is 0.115. The van der Waals surface area contributed by atoms with Crippen LogP contribution in [0.5, 0.6) is 5.75 Å². The molecule has 0 aliphatic heterocycles. The summed E-state index contributed by atoms with van der Waals surface area (Å²) in [5.41, 5.74) is 1.86. The van der Waals surface area contributed by atoms with Crippen LogP contribution in [-0.2, 0) is 11.3 Å². The fraction of sp³-hybridized carbons (Fsp3) is 0.556. The summed E-state index contributed by atoms with van der Waals surface area (Å²) in [5.74, 6) is 6.36. The maximum absolute atomic E-state index is 8.74. The Labute approximate surface area is 128 Å². The Bertz CT molecular complexity index is 457. The van der Waals surface area contributed by atoms with Gasteiger partial charge in [0.25, 0.3) is 0 Å². The van der Waals surface area contributed by atoms with Crippen molar-refractivity contribution < 1.29 is 14.6 Å². The van der Waals surface area contributed by atoms with Crippen molar-refractivity contribution >= 4 is 0 Å². The molecule has 0 saturated heterocycles. The zero-order valence-corrected chi connectivity index (χ0v) is 13.2. The second kappa shape index (κ2) is 11.2. The van der Waals surface area contributed by atoms with E-state index < -0.39 is 0 Å². The van der Waals surface area contributed by atoms with Crippen LogP contribution in [0.3, 0.4) is 0 Å². The summed E-state index contributed by atoms with van der Waals surface area (Å²) in [7, 11) is 1.66. The van der Waals surface area contributed by atoms with Gasteiger partial charge in [0.2, 0.25) is 0 Å². The highest BCUT2D eigenvalue weighted by atomic mass is 16.5. The Morgan fingerprint density at radius 1 is 1.14 bits per heavy atom. The molecule has 1 rings (SSSR count). The van der Waals surface area contributed by atoms with Gasteiger partial charge in [-0.15, -0.1) is 0 Å². The van der Waals surface area contributed by atoms with E-state index in [9.17, 15) is 0 Å². The third kappa shape index (κ3) is 7.17. The summed E-state index contributed by atoms with van der Waals surface area (Å²) in [4.78, 5) is 0. The van der Waals surface area contributed by atoms with Crippen molar-refractivity contribution in [2.75, 3.05) is 20.3 Å². The highest BCUT2D eigenvalue weighted by molar-refractivity contribution is 5.44. The van der Waals surface area contributed by atoms with Gasteiger partial charge in [0.15, 0.2) is 0 Å². The van der Waals surface area contributed by atoms with Crippen LogP contribution in [-0.4, -0.2) is 25.4 Å². The SMILES string of the molecule is CCCCCCCOCc1cc(C#CCO)ccc1OC. The fourth-order valence-electron chi connectivity index (χ4n) is 2.10. The quantitative estimate of drug-likeness (QED) is 0.558. The van der Waals surface area contributed by atoms with Crippen LogP contribution in [0.4, 0.5) is 0 Å². The van der Waals surface area contributed by atoms with Crippen molar-refractivity contribution in [1.82, 2.24) is 0 Å². The zero-order chi connectivity index (χ0) is 15.3. The number of aliphatic hydroxyl groups is 1. The van der Waals surface area contributed by atoms with Gasteiger partial charge in [-0.2, -0.15) is 0 Å². The van der Waals surface area contributed by atoms with E-state index in [1.165, 1.54) is 25.7 Å². The molecule has 0 saturated carbocycles. The highest BCUT2D eigenvalue weighted by Gasteiger charge is 2.04. The number of ether oxygens (including phenoxy) is 2. The van der Waals surface area contributed by atoms with Crippen LogP contribution in [0.1, 0.15) is 50.2 Å².